The Morgan fingerprint density at radius 1 is 0.952 bits per heavy atom. The Kier molecular flexibility index (Phi) is 12.4. The van der Waals surface area contributed by atoms with Gasteiger partial charge in [0.15, 0.2) is 0 Å². The predicted molar refractivity (Wildman–Crippen MR) is 77.0 cm³/mol. The van der Waals surface area contributed by atoms with Gasteiger partial charge in [-0.3, -0.25) is 0 Å². The van der Waals surface area contributed by atoms with Crippen molar-refractivity contribution in [2.45, 2.75) is 38.9 Å². The lowest BCUT2D eigenvalue weighted by molar-refractivity contribution is -0.133. The summed E-state index contributed by atoms with van der Waals surface area (Å²) in [6.07, 6.45) is 1.70. The van der Waals surface area contributed by atoms with Gasteiger partial charge in [-0.25, -0.2) is 9.59 Å². The van der Waals surface area contributed by atoms with Crippen LogP contribution in [0.4, 0.5) is 0 Å². The molecule has 1 fully saturated rings. The zero-order valence-corrected chi connectivity index (χ0v) is 12.4. The Bertz CT molecular complexity index is 304. The normalized spacial score (nSPS) is 19.4. The zero-order valence-electron chi connectivity index (χ0n) is 12.4. The van der Waals surface area contributed by atoms with Crippen molar-refractivity contribution < 1.29 is 34.8 Å². The van der Waals surface area contributed by atoms with Crippen LogP contribution in [0.1, 0.15) is 26.7 Å². The molecule has 7 heteroatoms. The summed E-state index contributed by atoms with van der Waals surface area (Å²) in [5.41, 5.74) is 0.352. The van der Waals surface area contributed by atoms with E-state index in [0.717, 1.165) is 12.8 Å². The van der Waals surface area contributed by atoms with E-state index in [4.69, 9.17) is 25.2 Å². The topological polar surface area (TPSA) is 124 Å². The van der Waals surface area contributed by atoms with Gasteiger partial charge in [-0.2, -0.15) is 0 Å². The molecule has 0 aromatic carbocycles. The highest BCUT2D eigenvalue weighted by atomic mass is 16.5. The molecule has 0 saturated carbocycles. The molecular formula is C14H24O7. The lowest BCUT2D eigenvalue weighted by Gasteiger charge is -2.07. The van der Waals surface area contributed by atoms with Crippen LogP contribution in [0.3, 0.4) is 0 Å². The van der Waals surface area contributed by atoms with Crippen LogP contribution >= 0.6 is 0 Å². The van der Waals surface area contributed by atoms with Gasteiger partial charge in [0.25, 0.3) is 0 Å². The minimum Gasteiger partial charge on any atom is -0.478 e. The molecule has 0 aliphatic carbocycles. The number of aliphatic carboxylic acids is 2. The van der Waals surface area contributed by atoms with E-state index >= 15 is 0 Å². The fourth-order valence-electron chi connectivity index (χ4n) is 1.05. The summed E-state index contributed by atoms with van der Waals surface area (Å²) in [7, 11) is 0. The number of rotatable bonds is 4. The van der Waals surface area contributed by atoms with E-state index in [9.17, 15) is 9.59 Å². The maximum atomic E-state index is 9.60. The van der Waals surface area contributed by atoms with E-state index in [1.807, 2.05) is 0 Å². The number of hydrogen-bond acceptors (Lipinski definition) is 5. The molecule has 2 atom stereocenters. The molecule has 122 valence electrons. The molecule has 7 nitrogen and oxygen atoms in total. The molecule has 0 amide bonds. The van der Waals surface area contributed by atoms with Gasteiger partial charge >= 0.3 is 11.9 Å². The quantitative estimate of drug-likeness (QED) is 0.566. The van der Waals surface area contributed by atoms with Gasteiger partial charge in [0.2, 0.25) is 0 Å². The Labute approximate surface area is 124 Å². The molecule has 1 aliphatic heterocycles. The first kappa shape index (κ1) is 21.6. The molecule has 0 spiro atoms. The zero-order chi connectivity index (χ0) is 17.0. The van der Waals surface area contributed by atoms with Gasteiger partial charge in [-0.15, -0.1) is 0 Å². The molecule has 0 bridgehead atoms. The van der Waals surface area contributed by atoms with Crippen LogP contribution in [0.5, 0.6) is 0 Å². The second-order valence-corrected chi connectivity index (χ2v) is 4.49. The van der Waals surface area contributed by atoms with E-state index in [1.54, 1.807) is 0 Å². The van der Waals surface area contributed by atoms with E-state index < -0.39 is 11.9 Å². The van der Waals surface area contributed by atoms with Gasteiger partial charge in [0, 0.05) is 11.1 Å². The second-order valence-electron chi connectivity index (χ2n) is 4.49. The Hall–Kier alpha value is -1.70. The SMILES string of the molecule is C=C(C)C(=O)O.C=C(C)C(=O)O.OCC1CCC(CO)O1. The third kappa shape index (κ3) is 13.1. The molecule has 1 heterocycles. The van der Waals surface area contributed by atoms with Crippen molar-refractivity contribution in [2.24, 2.45) is 0 Å². The van der Waals surface area contributed by atoms with Gasteiger partial charge in [0.1, 0.15) is 0 Å². The smallest absolute Gasteiger partial charge is 0.330 e. The number of carbonyl (C=O) groups is 2. The summed E-state index contributed by atoms with van der Waals surface area (Å²) in [4.78, 5) is 19.2. The third-order valence-electron chi connectivity index (χ3n) is 2.33. The minimum atomic E-state index is -0.935. The lowest BCUT2D eigenvalue weighted by atomic mass is 10.2. The van der Waals surface area contributed by atoms with Crippen molar-refractivity contribution in [1.29, 1.82) is 0 Å². The highest BCUT2D eigenvalue weighted by Crippen LogP contribution is 2.18. The third-order valence-corrected chi connectivity index (χ3v) is 2.33. The number of hydrogen-bond donors (Lipinski definition) is 4. The number of aliphatic hydroxyl groups is 2. The first-order chi connectivity index (χ1) is 9.65. The van der Waals surface area contributed by atoms with Gasteiger partial charge in [0.05, 0.1) is 25.4 Å². The van der Waals surface area contributed by atoms with Crippen LogP contribution in [0.15, 0.2) is 24.3 Å². The van der Waals surface area contributed by atoms with E-state index in [1.165, 1.54) is 13.8 Å². The van der Waals surface area contributed by atoms with Crippen molar-refractivity contribution >= 4 is 11.9 Å². The highest BCUT2D eigenvalue weighted by molar-refractivity contribution is 5.85. The molecule has 4 N–H and O–H groups in total. The molecule has 1 rings (SSSR count). The standard InChI is InChI=1S/C6H12O3.2C4H6O2/c7-3-5-1-2-6(4-8)9-5;2*1-3(2)4(5)6/h5-8H,1-4H2;2*1H2,2H3,(H,5,6). The second kappa shape index (κ2) is 12.1. The van der Waals surface area contributed by atoms with Crippen LogP contribution in [0, 0.1) is 0 Å². The Balaban J connectivity index is 0. The van der Waals surface area contributed by atoms with E-state index in [2.05, 4.69) is 13.2 Å². The number of ether oxygens (including phenoxy) is 1. The summed E-state index contributed by atoms with van der Waals surface area (Å²) in [6, 6.07) is 0. The Morgan fingerprint density at radius 2 is 1.19 bits per heavy atom. The number of carboxylic acids is 2. The number of carboxylic acid groups (broad SMARTS) is 2. The fourth-order valence-corrected chi connectivity index (χ4v) is 1.05. The first-order valence-electron chi connectivity index (χ1n) is 6.30. The van der Waals surface area contributed by atoms with Crippen molar-refractivity contribution in [3.05, 3.63) is 24.3 Å². The first-order valence-corrected chi connectivity index (χ1v) is 6.30. The van der Waals surface area contributed by atoms with Crippen LogP contribution in [-0.4, -0.2) is 57.8 Å². The average Bonchev–Trinajstić information content (AvgIpc) is 2.87. The monoisotopic (exact) mass is 304 g/mol. The minimum absolute atomic E-state index is 0.0258. The van der Waals surface area contributed by atoms with E-state index in [0.29, 0.717) is 0 Å². The maximum absolute atomic E-state index is 9.60. The van der Waals surface area contributed by atoms with Crippen LogP contribution in [0.25, 0.3) is 0 Å². The number of aliphatic hydroxyl groups excluding tert-OH is 2. The van der Waals surface area contributed by atoms with Gasteiger partial charge < -0.3 is 25.2 Å². The highest BCUT2D eigenvalue weighted by Gasteiger charge is 2.23. The molecule has 0 aromatic rings. The van der Waals surface area contributed by atoms with Gasteiger partial charge in [-0.1, -0.05) is 13.2 Å². The summed E-state index contributed by atoms with van der Waals surface area (Å²) in [5, 5.41) is 32.9. The fraction of sp³-hybridized carbons (Fsp3) is 0.571. The predicted octanol–water partition coefficient (Wildman–Crippen LogP) is 0.813. The largest absolute Gasteiger partial charge is 0.478 e. The van der Waals surface area contributed by atoms with Crippen molar-refractivity contribution in [1.82, 2.24) is 0 Å². The maximum Gasteiger partial charge on any atom is 0.330 e. The lowest BCUT2D eigenvalue weighted by Crippen LogP contribution is -2.16. The summed E-state index contributed by atoms with van der Waals surface area (Å²) in [6.45, 7) is 9.36. The average molecular weight is 304 g/mol. The molecule has 0 radical (unpaired) electrons. The van der Waals surface area contributed by atoms with Crippen molar-refractivity contribution in [3.63, 3.8) is 0 Å². The molecule has 2 unspecified atom stereocenters. The summed E-state index contributed by atoms with van der Waals surface area (Å²) < 4.78 is 5.16. The molecule has 0 aromatic heterocycles. The summed E-state index contributed by atoms with van der Waals surface area (Å²) >= 11 is 0. The Morgan fingerprint density at radius 3 is 1.29 bits per heavy atom. The van der Waals surface area contributed by atoms with Crippen LogP contribution in [0.2, 0.25) is 0 Å². The molecule has 21 heavy (non-hydrogen) atoms. The molecule has 1 saturated heterocycles. The molecule has 1 aliphatic rings. The van der Waals surface area contributed by atoms with Crippen LogP contribution < -0.4 is 0 Å². The van der Waals surface area contributed by atoms with E-state index in [-0.39, 0.29) is 36.6 Å². The molecular weight excluding hydrogens is 280 g/mol. The van der Waals surface area contributed by atoms with Gasteiger partial charge in [-0.05, 0) is 26.7 Å². The summed E-state index contributed by atoms with van der Waals surface area (Å²) in [5.74, 6) is -1.87. The van der Waals surface area contributed by atoms with Crippen LogP contribution in [-0.2, 0) is 14.3 Å². The van der Waals surface area contributed by atoms with Crippen molar-refractivity contribution in [2.75, 3.05) is 13.2 Å². The van der Waals surface area contributed by atoms with Crippen molar-refractivity contribution in [3.8, 4) is 0 Å².